The van der Waals surface area contributed by atoms with Crippen LogP contribution in [0.3, 0.4) is 0 Å². The van der Waals surface area contributed by atoms with Gasteiger partial charge < -0.3 is 15.2 Å². The summed E-state index contributed by atoms with van der Waals surface area (Å²) in [5, 5.41) is 20.1. The van der Waals surface area contributed by atoms with Gasteiger partial charge in [-0.3, -0.25) is 10.1 Å². The monoisotopic (exact) mass is 264 g/mol. The second-order valence-electron chi connectivity index (χ2n) is 3.58. The average molecular weight is 264 g/mol. The van der Waals surface area contributed by atoms with Crippen LogP contribution in [-0.4, -0.2) is 33.6 Å². The molecule has 2 aromatic rings. The lowest BCUT2D eigenvalue weighted by Gasteiger charge is -2.06. The molecule has 0 fully saturated rings. The summed E-state index contributed by atoms with van der Waals surface area (Å²) in [4.78, 5) is 18.3. The van der Waals surface area contributed by atoms with Crippen LogP contribution in [0.2, 0.25) is 0 Å². The van der Waals surface area contributed by atoms with Crippen molar-refractivity contribution >= 4 is 17.3 Å². The van der Waals surface area contributed by atoms with Crippen molar-refractivity contribution in [1.29, 1.82) is 0 Å². The molecule has 0 saturated carbocycles. The molecular weight excluding hydrogens is 252 g/mol. The quantitative estimate of drug-likeness (QED) is 0.587. The van der Waals surface area contributed by atoms with Crippen LogP contribution < -0.4 is 10.6 Å². The summed E-state index contributed by atoms with van der Waals surface area (Å²) in [5.41, 5.74) is -0.0791. The van der Waals surface area contributed by atoms with Crippen LogP contribution >= 0.6 is 0 Å². The van der Waals surface area contributed by atoms with E-state index < -0.39 is 4.92 Å². The molecule has 0 saturated heterocycles. The molecule has 0 unspecified atom stereocenters. The van der Waals surface area contributed by atoms with Crippen molar-refractivity contribution in [1.82, 2.24) is 15.1 Å². The average Bonchev–Trinajstić information content (AvgIpc) is 2.91. The Kier molecular flexibility index (Phi) is 3.86. The molecule has 0 atom stereocenters. The zero-order valence-electron chi connectivity index (χ0n) is 10.2. The van der Waals surface area contributed by atoms with Crippen molar-refractivity contribution in [2.24, 2.45) is 0 Å². The summed E-state index contributed by atoms with van der Waals surface area (Å²) in [7, 11) is 1.69. The van der Waals surface area contributed by atoms with Gasteiger partial charge in [-0.15, -0.1) is 0 Å². The molecule has 2 rings (SSSR count). The minimum atomic E-state index is -0.485. The summed E-state index contributed by atoms with van der Waals surface area (Å²) in [6, 6.07) is 2.94. The van der Waals surface area contributed by atoms with E-state index in [1.165, 1.54) is 12.4 Å². The van der Waals surface area contributed by atoms with Gasteiger partial charge in [-0.05, 0) is 6.07 Å². The van der Waals surface area contributed by atoms with Crippen molar-refractivity contribution in [2.75, 3.05) is 24.2 Å². The number of nitro groups is 1. The molecular formula is C10H12N6O3. The Bertz CT molecular complexity index is 556. The van der Waals surface area contributed by atoms with E-state index in [0.717, 1.165) is 0 Å². The molecule has 9 nitrogen and oxygen atoms in total. The third kappa shape index (κ3) is 3.15. The predicted octanol–water partition coefficient (Wildman–Crippen LogP) is 1.07. The highest BCUT2D eigenvalue weighted by molar-refractivity contribution is 5.60. The van der Waals surface area contributed by atoms with Crippen LogP contribution in [0.4, 0.5) is 17.3 Å². The molecule has 2 heterocycles. The van der Waals surface area contributed by atoms with E-state index in [-0.39, 0.29) is 11.5 Å². The topological polar surface area (TPSA) is 119 Å². The van der Waals surface area contributed by atoms with Crippen LogP contribution in [0.5, 0.6) is 0 Å². The van der Waals surface area contributed by atoms with Gasteiger partial charge in [-0.1, -0.05) is 5.16 Å². The fourth-order valence-electron chi connectivity index (χ4n) is 1.46. The molecule has 0 aromatic carbocycles. The van der Waals surface area contributed by atoms with E-state index in [1.807, 2.05) is 0 Å². The summed E-state index contributed by atoms with van der Waals surface area (Å²) < 4.78 is 4.83. The summed E-state index contributed by atoms with van der Waals surface area (Å²) in [5.74, 6) is 1.21. The van der Waals surface area contributed by atoms with Crippen molar-refractivity contribution in [3.8, 4) is 0 Å². The van der Waals surface area contributed by atoms with Gasteiger partial charge in [-0.2, -0.15) is 4.98 Å². The van der Waals surface area contributed by atoms with Gasteiger partial charge in [-0.25, -0.2) is 4.98 Å². The SMILES string of the molecule is CNc1ccc([N+](=O)[O-])c(NCCc2ncno2)n1. The number of anilines is 2. The Morgan fingerprint density at radius 2 is 2.32 bits per heavy atom. The van der Waals surface area contributed by atoms with Gasteiger partial charge in [0.2, 0.25) is 11.7 Å². The predicted molar refractivity (Wildman–Crippen MR) is 66.9 cm³/mol. The molecule has 2 N–H and O–H groups in total. The van der Waals surface area contributed by atoms with E-state index in [1.54, 1.807) is 13.1 Å². The zero-order valence-corrected chi connectivity index (χ0v) is 10.2. The van der Waals surface area contributed by atoms with Crippen LogP contribution in [0.15, 0.2) is 23.0 Å². The maximum Gasteiger partial charge on any atom is 0.311 e. The minimum absolute atomic E-state index is 0.0791. The molecule has 0 spiro atoms. The second kappa shape index (κ2) is 5.76. The van der Waals surface area contributed by atoms with Gasteiger partial charge in [0.05, 0.1) is 4.92 Å². The first kappa shape index (κ1) is 12.7. The summed E-state index contributed by atoms with van der Waals surface area (Å²) >= 11 is 0. The number of pyridine rings is 1. The molecule has 0 bridgehead atoms. The maximum absolute atomic E-state index is 10.9. The zero-order chi connectivity index (χ0) is 13.7. The Balaban J connectivity index is 2.06. The fraction of sp³-hybridized carbons (Fsp3) is 0.300. The molecule has 19 heavy (non-hydrogen) atoms. The summed E-state index contributed by atoms with van der Waals surface area (Å²) in [6.07, 6.45) is 1.76. The van der Waals surface area contributed by atoms with Crippen molar-refractivity contribution < 1.29 is 9.45 Å². The first-order valence-corrected chi connectivity index (χ1v) is 5.53. The van der Waals surface area contributed by atoms with Crippen LogP contribution in [-0.2, 0) is 6.42 Å². The van der Waals surface area contributed by atoms with E-state index in [0.29, 0.717) is 24.7 Å². The Hall–Kier alpha value is -2.71. The van der Waals surface area contributed by atoms with E-state index in [2.05, 4.69) is 25.8 Å². The van der Waals surface area contributed by atoms with Crippen molar-refractivity contribution in [2.45, 2.75) is 6.42 Å². The lowest BCUT2D eigenvalue weighted by molar-refractivity contribution is -0.384. The van der Waals surface area contributed by atoms with Gasteiger partial charge in [0.1, 0.15) is 5.82 Å². The van der Waals surface area contributed by atoms with Gasteiger partial charge in [0.15, 0.2) is 6.33 Å². The van der Waals surface area contributed by atoms with Gasteiger partial charge in [0, 0.05) is 26.1 Å². The molecule has 9 heteroatoms. The van der Waals surface area contributed by atoms with Crippen molar-refractivity contribution in [3.05, 3.63) is 34.5 Å². The molecule has 0 radical (unpaired) electrons. The third-order valence-electron chi connectivity index (χ3n) is 2.37. The van der Waals surface area contributed by atoms with Crippen LogP contribution in [0.1, 0.15) is 5.89 Å². The Labute approximate surface area is 108 Å². The molecule has 0 aliphatic rings. The number of hydrogen-bond donors (Lipinski definition) is 2. The van der Waals surface area contributed by atoms with Crippen LogP contribution in [0.25, 0.3) is 0 Å². The first-order valence-electron chi connectivity index (χ1n) is 5.53. The highest BCUT2D eigenvalue weighted by Gasteiger charge is 2.15. The number of rotatable bonds is 6. The fourth-order valence-corrected chi connectivity index (χ4v) is 1.46. The lowest BCUT2D eigenvalue weighted by atomic mass is 10.3. The largest absolute Gasteiger partial charge is 0.373 e. The van der Waals surface area contributed by atoms with E-state index in [4.69, 9.17) is 4.52 Å². The number of nitrogens with zero attached hydrogens (tertiary/aromatic N) is 4. The second-order valence-corrected chi connectivity index (χ2v) is 3.58. The molecule has 0 amide bonds. The molecule has 100 valence electrons. The number of hydrogen-bond acceptors (Lipinski definition) is 8. The smallest absolute Gasteiger partial charge is 0.311 e. The standard InChI is InChI=1S/C10H12N6O3/c1-11-8-3-2-7(16(17)18)10(15-8)12-5-4-9-13-6-14-19-9/h2-3,6H,4-5H2,1H3,(H2,11,12,15). The molecule has 0 aliphatic carbocycles. The molecule has 2 aromatic heterocycles. The highest BCUT2D eigenvalue weighted by Crippen LogP contribution is 2.23. The Morgan fingerprint density at radius 3 is 2.95 bits per heavy atom. The van der Waals surface area contributed by atoms with Gasteiger partial charge in [0.25, 0.3) is 0 Å². The number of aromatic nitrogens is 3. The molecule has 0 aliphatic heterocycles. The van der Waals surface area contributed by atoms with Crippen LogP contribution in [0, 0.1) is 10.1 Å². The number of nitrogens with one attached hydrogen (secondary N) is 2. The maximum atomic E-state index is 10.9. The van der Waals surface area contributed by atoms with E-state index >= 15 is 0 Å². The normalized spacial score (nSPS) is 10.2. The lowest BCUT2D eigenvalue weighted by Crippen LogP contribution is -2.09. The highest BCUT2D eigenvalue weighted by atomic mass is 16.6. The van der Waals surface area contributed by atoms with Crippen molar-refractivity contribution in [3.63, 3.8) is 0 Å². The third-order valence-corrected chi connectivity index (χ3v) is 2.37. The van der Waals surface area contributed by atoms with Gasteiger partial charge >= 0.3 is 5.69 Å². The summed E-state index contributed by atoms with van der Waals surface area (Å²) in [6.45, 7) is 0.406. The Morgan fingerprint density at radius 1 is 1.47 bits per heavy atom. The minimum Gasteiger partial charge on any atom is -0.373 e. The first-order chi connectivity index (χ1) is 9.20. The van der Waals surface area contributed by atoms with E-state index in [9.17, 15) is 10.1 Å².